The summed E-state index contributed by atoms with van der Waals surface area (Å²) in [5.41, 5.74) is 1.65. The molecule has 0 aromatic heterocycles. The Labute approximate surface area is 242 Å². The molecule has 38 heavy (non-hydrogen) atoms. The number of benzene rings is 3. The van der Waals surface area contributed by atoms with Crippen molar-refractivity contribution in [2.45, 2.75) is 11.3 Å². The molecule has 0 fully saturated rings. The zero-order valence-electron chi connectivity index (χ0n) is 20.1. The molecule has 0 saturated heterocycles. The maximum Gasteiger partial charge on any atom is 0.278 e. The molecule has 0 aliphatic carbocycles. The summed E-state index contributed by atoms with van der Waals surface area (Å²) in [6.07, 6.45) is 0.520. The lowest BCUT2D eigenvalue weighted by molar-refractivity contribution is -0.137. The van der Waals surface area contributed by atoms with Gasteiger partial charge in [0.25, 0.3) is 17.7 Å². The second-order valence-electron chi connectivity index (χ2n) is 8.15. The highest BCUT2D eigenvalue weighted by Gasteiger charge is 2.38. The molecular weight excluding hydrogens is 613 g/mol. The molecule has 3 aromatic carbocycles. The van der Waals surface area contributed by atoms with E-state index >= 15 is 0 Å². The number of anilines is 2. The minimum atomic E-state index is -0.404. The third-order valence-electron chi connectivity index (χ3n) is 5.46. The van der Waals surface area contributed by atoms with Gasteiger partial charge in [0, 0.05) is 46.0 Å². The first-order chi connectivity index (χ1) is 18.3. The molecule has 1 heterocycles. The van der Waals surface area contributed by atoms with Gasteiger partial charge >= 0.3 is 0 Å². The van der Waals surface area contributed by atoms with Crippen LogP contribution >= 0.6 is 50.9 Å². The Morgan fingerprint density at radius 3 is 2.47 bits per heavy atom. The number of ether oxygens (including phenoxy) is 1. The Hall–Kier alpha value is -2.82. The summed E-state index contributed by atoms with van der Waals surface area (Å²) in [4.78, 5) is 41.5. The van der Waals surface area contributed by atoms with Crippen LogP contribution in [0.2, 0.25) is 10.0 Å². The van der Waals surface area contributed by atoms with E-state index < -0.39 is 17.7 Å². The fraction of sp³-hybridized carbons (Fsp3) is 0.148. The van der Waals surface area contributed by atoms with Gasteiger partial charge in [0.1, 0.15) is 10.6 Å². The van der Waals surface area contributed by atoms with Crippen molar-refractivity contribution >= 4 is 80.0 Å². The van der Waals surface area contributed by atoms with Gasteiger partial charge in [0.2, 0.25) is 0 Å². The number of thioether (sulfide) groups is 1. The molecule has 0 spiro atoms. The zero-order chi connectivity index (χ0) is 27.2. The largest absolute Gasteiger partial charge is 0.385 e. The maximum atomic E-state index is 13.3. The number of hydrogen-bond donors (Lipinski definition) is 2. The summed E-state index contributed by atoms with van der Waals surface area (Å²) in [5.74, 6) is -1.20. The fourth-order valence-corrected chi connectivity index (χ4v) is 5.40. The monoisotopic (exact) mass is 633 g/mol. The highest BCUT2D eigenvalue weighted by molar-refractivity contribution is 9.10. The van der Waals surface area contributed by atoms with E-state index in [4.69, 9.17) is 27.9 Å². The number of nitrogens with one attached hydrogen (secondary N) is 2. The van der Waals surface area contributed by atoms with E-state index in [1.165, 1.54) is 11.0 Å². The van der Waals surface area contributed by atoms with Crippen LogP contribution in [0, 0.1) is 0 Å². The van der Waals surface area contributed by atoms with Gasteiger partial charge in [-0.3, -0.25) is 19.3 Å². The third-order valence-corrected chi connectivity index (χ3v) is 7.61. The van der Waals surface area contributed by atoms with Crippen LogP contribution in [0.25, 0.3) is 0 Å². The summed E-state index contributed by atoms with van der Waals surface area (Å²) in [6, 6.07) is 18.9. The lowest BCUT2D eigenvalue weighted by Gasteiger charge is -2.14. The molecule has 0 bridgehead atoms. The van der Waals surface area contributed by atoms with Gasteiger partial charge < -0.3 is 15.4 Å². The molecule has 1 aliphatic heterocycles. The van der Waals surface area contributed by atoms with Crippen LogP contribution in [0.3, 0.4) is 0 Å². The molecule has 1 aliphatic rings. The second-order valence-corrected chi connectivity index (χ2v) is 11.0. The van der Waals surface area contributed by atoms with Crippen LogP contribution in [-0.4, -0.2) is 42.9 Å². The van der Waals surface area contributed by atoms with E-state index in [2.05, 4.69) is 26.6 Å². The molecule has 2 N–H and O–H groups in total. The first-order valence-electron chi connectivity index (χ1n) is 11.4. The van der Waals surface area contributed by atoms with Crippen LogP contribution in [0.15, 0.2) is 86.7 Å². The summed E-state index contributed by atoms with van der Waals surface area (Å²) >= 11 is 16.6. The van der Waals surface area contributed by atoms with Gasteiger partial charge in [-0.2, -0.15) is 0 Å². The lowest BCUT2D eigenvalue weighted by atomic mass is 10.2. The predicted octanol–water partition coefficient (Wildman–Crippen LogP) is 6.83. The van der Waals surface area contributed by atoms with E-state index in [9.17, 15) is 14.4 Å². The van der Waals surface area contributed by atoms with Crippen molar-refractivity contribution in [3.05, 3.63) is 97.4 Å². The SMILES string of the molecule is COCCCN1C(=O)C(Nc2ccc(Br)cc2)=C(Sc2cccc(NC(=O)c3ccc(Cl)cc3Cl)c2)C1=O. The Morgan fingerprint density at radius 2 is 1.76 bits per heavy atom. The summed E-state index contributed by atoms with van der Waals surface area (Å²) in [7, 11) is 1.57. The average Bonchev–Trinajstić information content (AvgIpc) is 3.09. The first-order valence-corrected chi connectivity index (χ1v) is 13.8. The number of imide groups is 1. The topological polar surface area (TPSA) is 87.7 Å². The first kappa shape index (κ1) is 28.2. The maximum absolute atomic E-state index is 13.3. The van der Waals surface area contributed by atoms with Crippen LogP contribution < -0.4 is 10.6 Å². The number of carbonyl (C=O) groups excluding carboxylic acids is 3. The van der Waals surface area contributed by atoms with Crippen LogP contribution in [-0.2, 0) is 14.3 Å². The minimum Gasteiger partial charge on any atom is -0.385 e. The molecule has 3 amide bonds. The summed E-state index contributed by atoms with van der Waals surface area (Å²) in [5, 5.41) is 6.59. The Kier molecular flexibility index (Phi) is 9.51. The molecule has 0 unspecified atom stereocenters. The van der Waals surface area contributed by atoms with Crippen molar-refractivity contribution in [1.29, 1.82) is 0 Å². The number of amides is 3. The van der Waals surface area contributed by atoms with Crippen molar-refractivity contribution in [2.75, 3.05) is 30.9 Å². The smallest absolute Gasteiger partial charge is 0.278 e. The van der Waals surface area contributed by atoms with Gasteiger partial charge in [0.15, 0.2) is 0 Å². The quantitative estimate of drug-likeness (QED) is 0.188. The van der Waals surface area contributed by atoms with E-state index in [0.29, 0.717) is 34.3 Å². The number of hydrogen-bond acceptors (Lipinski definition) is 6. The van der Waals surface area contributed by atoms with Crippen molar-refractivity contribution < 1.29 is 19.1 Å². The summed E-state index contributed by atoms with van der Waals surface area (Å²) < 4.78 is 5.97. The van der Waals surface area contributed by atoms with Gasteiger partial charge in [-0.1, -0.05) is 57.0 Å². The van der Waals surface area contributed by atoms with Crippen molar-refractivity contribution in [3.63, 3.8) is 0 Å². The number of carbonyl (C=O) groups is 3. The average molecular weight is 635 g/mol. The predicted molar refractivity (Wildman–Crippen MR) is 155 cm³/mol. The molecule has 0 atom stereocenters. The molecule has 7 nitrogen and oxygen atoms in total. The van der Waals surface area contributed by atoms with Crippen LogP contribution in [0.5, 0.6) is 0 Å². The molecule has 4 rings (SSSR count). The third kappa shape index (κ3) is 6.78. The number of rotatable bonds is 10. The number of nitrogens with zero attached hydrogens (tertiary/aromatic N) is 1. The number of halogens is 3. The highest BCUT2D eigenvalue weighted by atomic mass is 79.9. The normalized spacial score (nSPS) is 13.3. The van der Waals surface area contributed by atoms with Gasteiger partial charge in [0.05, 0.1) is 10.6 Å². The second kappa shape index (κ2) is 12.8. The van der Waals surface area contributed by atoms with Crippen molar-refractivity contribution in [3.8, 4) is 0 Å². The minimum absolute atomic E-state index is 0.196. The Bertz CT molecular complexity index is 1420. The molecule has 0 radical (unpaired) electrons. The van der Waals surface area contributed by atoms with E-state index in [0.717, 1.165) is 16.2 Å². The van der Waals surface area contributed by atoms with Crippen LogP contribution in [0.1, 0.15) is 16.8 Å². The van der Waals surface area contributed by atoms with Crippen molar-refractivity contribution in [1.82, 2.24) is 4.90 Å². The fourth-order valence-electron chi connectivity index (χ4n) is 3.63. The van der Waals surface area contributed by atoms with Crippen molar-refractivity contribution in [2.24, 2.45) is 0 Å². The molecular formula is C27H22BrCl2N3O4S. The van der Waals surface area contributed by atoms with E-state index in [1.54, 1.807) is 43.5 Å². The number of methoxy groups -OCH3 is 1. The highest BCUT2D eigenvalue weighted by Crippen LogP contribution is 2.37. The summed E-state index contributed by atoms with van der Waals surface area (Å²) in [6.45, 7) is 0.660. The van der Waals surface area contributed by atoms with Crippen LogP contribution in [0.4, 0.5) is 11.4 Å². The van der Waals surface area contributed by atoms with E-state index in [-0.39, 0.29) is 27.7 Å². The Balaban J connectivity index is 1.58. The molecule has 196 valence electrons. The zero-order valence-corrected chi connectivity index (χ0v) is 24.0. The van der Waals surface area contributed by atoms with Gasteiger partial charge in [-0.15, -0.1) is 0 Å². The van der Waals surface area contributed by atoms with Gasteiger partial charge in [-0.05, 0) is 67.1 Å². The Morgan fingerprint density at radius 1 is 1.00 bits per heavy atom. The standard InChI is InChI=1S/C27H22BrCl2N3O4S/c1-37-13-3-12-33-26(35)23(31-18-9-6-16(28)7-10-18)24(27(33)36)38-20-5-2-4-19(15-20)32-25(34)21-11-8-17(29)14-22(21)30/h2,4-11,14-15,31H,3,12-13H2,1H3,(H,32,34). The lowest BCUT2D eigenvalue weighted by Crippen LogP contribution is -2.33. The van der Waals surface area contributed by atoms with Gasteiger partial charge in [-0.25, -0.2) is 0 Å². The molecule has 0 saturated carbocycles. The molecule has 11 heteroatoms. The van der Waals surface area contributed by atoms with E-state index in [1.807, 2.05) is 24.3 Å². The molecule has 3 aromatic rings.